The average Bonchev–Trinajstić information content (AvgIpc) is 3.17. The van der Waals surface area contributed by atoms with Gasteiger partial charge in [0.05, 0.1) is 24.6 Å². The lowest BCUT2D eigenvalue weighted by Crippen LogP contribution is -2.29. The number of aromatic nitrogens is 3. The Bertz CT molecular complexity index is 972. The number of alkyl halides is 2. The first-order valence-corrected chi connectivity index (χ1v) is 8.72. The molecular formula is C19H17F2N3O4. The maximum Gasteiger partial charge on any atom is 0.343 e. The van der Waals surface area contributed by atoms with Gasteiger partial charge in [-0.15, -0.1) is 0 Å². The molecule has 0 amide bonds. The van der Waals surface area contributed by atoms with Crippen LogP contribution in [0.4, 0.5) is 8.78 Å². The molecule has 0 saturated carbocycles. The first-order valence-electron chi connectivity index (χ1n) is 8.72. The molecule has 2 aromatic heterocycles. The van der Waals surface area contributed by atoms with Crippen molar-refractivity contribution in [2.24, 2.45) is 0 Å². The molecule has 28 heavy (non-hydrogen) atoms. The Balaban J connectivity index is 1.67. The molecule has 1 fully saturated rings. The fraction of sp³-hybridized carbons (Fsp3) is 0.316. The predicted molar refractivity (Wildman–Crippen MR) is 94.0 cm³/mol. The highest BCUT2D eigenvalue weighted by atomic mass is 19.3. The van der Waals surface area contributed by atoms with Crippen LogP contribution in [0.1, 0.15) is 28.9 Å². The van der Waals surface area contributed by atoms with Gasteiger partial charge >= 0.3 is 5.97 Å². The van der Waals surface area contributed by atoms with Crippen LogP contribution in [0, 0.1) is 0 Å². The molecule has 1 saturated heterocycles. The normalized spacial score (nSPS) is 17.2. The zero-order valence-corrected chi connectivity index (χ0v) is 14.8. The summed E-state index contributed by atoms with van der Waals surface area (Å²) < 4.78 is 43.8. The van der Waals surface area contributed by atoms with Crippen LogP contribution in [-0.2, 0) is 14.2 Å². The SMILES string of the molecule is O=C(OCC1CCOCO1)c1cnn2c(-c3ccccc3)cc(C(F)F)nc12. The minimum absolute atomic E-state index is 0.0201. The number of fused-ring (bicyclic) bond motifs is 1. The minimum atomic E-state index is -2.79. The molecule has 0 radical (unpaired) electrons. The number of rotatable bonds is 5. The van der Waals surface area contributed by atoms with Crippen molar-refractivity contribution in [3.8, 4) is 11.3 Å². The first-order chi connectivity index (χ1) is 13.6. The Morgan fingerprint density at radius 3 is 2.86 bits per heavy atom. The lowest BCUT2D eigenvalue weighted by Gasteiger charge is -2.22. The van der Waals surface area contributed by atoms with Crippen LogP contribution in [0.5, 0.6) is 0 Å². The van der Waals surface area contributed by atoms with Crippen molar-refractivity contribution in [3.63, 3.8) is 0 Å². The quantitative estimate of drug-likeness (QED) is 0.624. The molecule has 3 heterocycles. The zero-order chi connectivity index (χ0) is 19.5. The first kappa shape index (κ1) is 18.5. The molecule has 146 valence electrons. The summed E-state index contributed by atoms with van der Waals surface area (Å²) in [6.45, 7) is 0.719. The van der Waals surface area contributed by atoms with Crippen LogP contribution in [0.2, 0.25) is 0 Å². The smallest absolute Gasteiger partial charge is 0.343 e. The third-order valence-electron chi connectivity index (χ3n) is 4.38. The van der Waals surface area contributed by atoms with E-state index in [9.17, 15) is 13.6 Å². The zero-order valence-electron chi connectivity index (χ0n) is 14.8. The summed E-state index contributed by atoms with van der Waals surface area (Å²) in [4.78, 5) is 16.4. The van der Waals surface area contributed by atoms with E-state index in [0.29, 0.717) is 24.3 Å². The lowest BCUT2D eigenvalue weighted by atomic mass is 10.1. The molecule has 4 rings (SSSR count). The van der Waals surface area contributed by atoms with Gasteiger partial charge in [0.25, 0.3) is 6.43 Å². The van der Waals surface area contributed by atoms with Crippen molar-refractivity contribution >= 4 is 11.6 Å². The van der Waals surface area contributed by atoms with Crippen molar-refractivity contribution in [1.82, 2.24) is 14.6 Å². The van der Waals surface area contributed by atoms with Gasteiger partial charge in [0.15, 0.2) is 5.65 Å². The second-order valence-corrected chi connectivity index (χ2v) is 6.23. The average molecular weight is 389 g/mol. The summed E-state index contributed by atoms with van der Waals surface area (Å²) in [5, 5.41) is 4.17. The van der Waals surface area contributed by atoms with Gasteiger partial charge in [-0.2, -0.15) is 5.10 Å². The number of hydrogen-bond donors (Lipinski definition) is 0. The summed E-state index contributed by atoms with van der Waals surface area (Å²) in [5.74, 6) is -0.692. The van der Waals surface area contributed by atoms with Crippen LogP contribution in [-0.4, -0.2) is 46.7 Å². The van der Waals surface area contributed by atoms with Gasteiger partial charge in [-0.25, -0.2) is 23.1 Å². The van der Waals surface area contributed by atoms with E-state index in [2.05, 4.69) is 10.1 Å². The van der Waals surface area contributed by atoms with Gasteiger partial charge in [0.1, 0.15) is 24.7 Å². The van der Waals surface area contributed by atoms with Crippen LogP contribution < -0.4 is 0 Å². The van der Waals surface area contributed by atoms with E-state index in [1.165, 1.54) is 16.8 Å². The van der Waals surface area contributed by atoms with Gasteiger partial charge in [-0.1, -0.05) is 30.3 Å². The maximum absolute atomic E-state index is 13.4. The van der Waals surface area contributed by atoms with Gasteiger partial charge in [0, 0.05) is 12.0 Å². The Hall–Kier alpha value is -2.91. The molecule has 3 aromatic rings. The van der Waals surface area contributed by atoms with Crippen molar-refractivity contribution in [1.29, 1.82) is 0 Å². The number of esters is 1. The molecule has 9 heteroatoms. The molecule has 1 unspecified atom stereocenters. The highest BCUT2D eigenvalue weighted by Crippen LogP contribution is 2.27. The van der Waals surface area contributed by atoms with Gasteiger partial charge < -0.3 is 14.2 Å². The maximum atomic E-state index is 13.4. The Kier molecular flexibility index (Phi) is 5.27. The summed E-state index contributed by atoms with van der Waals surface area (Å²) in [5.41, 5.74) is 0.693. The van der Waals surface area contributed by atoms with Crippen LogP contribution in [0.3, 0.4) is 0 Å². The number of benzene rings is 1. The van der Waals surface area contributed by atoms with E-state index in [0.717, 1.165) is 0 Å². The molecule has 0 bridgehead atoms. The number of halogens is 2. The molecule has 0 aliphatic carbocycles. The molecule has 1 aliphatic heterocycles. The van der Waals surface area contributed by atoms with Crippen molar-refractivity contribution in [2.75, 3.05) is 20.0 Å². The fourth-order valence-electron chi connectivity index (χ4n) is 2.93. The predicted octanol–water partition coefficient (Wildman–Crippen LogP) is 3.25. The number of hydrogen-bond acceptors (Lipinski definition) is 6. The summed E-state index contributed by atoms with van der Waals surface area (Å²) in [6.07, 6.45) is -1.17. The number of carbonyl (C=O) groups excluding carboxylic acids is 1. The number of ether oxygens (including phenoxy) is 3. The Labute approximate surface area is 158 Å². The molecule has 7 nitrogen and oxygen atoms in total. The van der Waals surface area contributed by atoms with E-state index in [4.69, 9.17) is 14.2 Å². The van der Waals surface area contributed by atoms with E-state index in [-0.39, 0.29) is 30.7 Å². The molecule has 0 spiro atoms. The summed E-state index contributed by atoms with van der Waals surface area (Å²) >= 11 is 0. The topological polar surface area (TPSA) is 75.0 Å². The van der Waals surface area contributed by atoms with Crippen LogP contribution in [0.15, 0.2) is 42.6 Å². The molecule has 1 atom stereocenters. The summed E-state index contributed by atoms with van der Waals surface area (Å²) in [7, 11) is 0. The monoisotopic (exact) mass is 389 g/mol. The van der Waals surface area contributed by atoms with E-state index < -0.39 is 18.1 Å². The van der Waals surface area contributed by atoms with Crippen LogP contribution >= 0.6 is 0 Å². The third kappa shape index (κ3) is 3.71. The van der Waals surface area contributed by atoms with E-state index in [1.54, 1.807) is 24.3 Å². The van der Waals surface area contributed by atoms with E-state index in [1.807, 2.05) is 6.07 Å². The third-order valence-corrected chi connectivity index (χ3v) is 4.38. The number of nitrogens with zero attached hydrogens (tertiary/aromatic N) is 3. The highest BCUT2D eigenvalue weighted by Gasteiger charge is 2.23. The fourth-order valence-corrected chi connectivity index (χ4v) is 2.93. The second-order valence-electron chi connectivity index (χ2n) is 6.23. The van der Waals surface area contributed by atoms with Gasteiger partial charge in [-0.05, 0) is 6.07 Å². The Morgan fingerprint density at radius 1 is 1.32 bits per heavy atom. The molecule has 0 N–H and O–H groups in total. The van der Waals surface area contributed by atoms with Crippen molar-refractivity contribution in [3.05, 3.63) is 53.9 Å². The largest absolute Gasteiger partial charge is 0.459 e. The van der Waals surface area contributed by atoms with E-state index >= 15 is 0 Å². The lowest BCUT2D eigenvalue weighted by molar-refractivity contribution is -0.150. The van der Waals surface area contributed by atoms with Crippen molar-refractivity contribution in [2.45, 2.75) is 19.0 Å². The Morgan fingerprint density at radius 2 is 2.14 bits per heavy atom. The summed E-state index contributed by atoms with van der Waals surface area (Å²) in [6, 6.07) is 10.2. The standard InChI is InChI=1S/C19H17F2N3O4/c20-17(21)15-8-16(12-4-2-1-3-5-12)24-18(23-15)14(9-22-24)19(25)27-10-13-6-7-26-11-28-13/h1-5,8-9,13,17H,6-7,10-11H2. The minimum Gasteiger partial charge on any atom is -0.459 e. The molecule has 1 aromatic carbocycles. The second kappa shape index (κ2) is 7.99. The van der Waals surface area contributed by atoms with Gasteiger partial charge in [-0.3, -0.25) is 0 Å². The van der Waals surface area contributed by atoms with Crippen molar-refractivity contribution < 1.29 is 27.8 Å². The van der Waals surface area contributed by atoms with Gasteiger partial charge in [0.2, 0.25) is 0 Å². The molecule has 1 aliphatic rings. The van der Waals surface area contributed by atoms with Crippen LogP contribution in [0.25, 0.3) is 16.9 Å². The highest BCUT2D eigenvalue weighted by molar-refractivity contribution is 5.96. The number of carbonyl (C=O) groups is 1. The molecular weight excluding hydrogens is 372 g/mol.